The molecule has 1 aliphatic rings. The SMILES string of the molecule is CCOC(=O)C1CCCN1C(=O)c1ocnc1C. The van der Waals surface area contributed by atoms with Gasteiger partial charge in [0, 0.05) is 6.54 Å². The van der Waals surface area contributed by atoms with E-state index in [0.717, 1.165) is 6.42 Å². The van der Waals surface area contributed by atoms with E-state index in [1.807, 2.05) is 0 Å². The number of ether oxygens (including phenoxy) is 1. The summed E-state index contributed by atoms with van der Waals surface area (Å²) < 4.78 is 10.0. The number of likely N-dealkylation sites (tertiary alicyclic amines) is 1. The molecule has 18 heavy (non-hydrogen) atoms. The number of esters is 1. The van der Waals surface area contributed by atoms with Gasteiger partial charge in [0.05, 0.1) is 12.3 Å². The molecule has 1 aliphatic heterocycles. The molecule has 0 radical (unpaired) electrons. The summed E-state index contributed by atoms with van der Waals surface area (Å²) >= 11 is 0. The van der Waals surface area contributed by atoms with Gasteiger partial charge in [0.2, 0.25) is 5.76 Å². The molecule has 1 atom stereocenters. The fourth-order valence-electron chi connectivity index (χ4n) is 2.13. The lowest BCUT2D eigenvalue weighted by atomic mass is 10.2. The molecule has 2 heterocycles. The van der Waals surface area contributed by atoms with Crippen molar-refractivity contribution < 1.29 is 18.7 Å². The summed E-state index contributed by atoms with van der Waals surface area (Å²) in [6.07, 6.45) is 2.66. The van der Waals surface area contributed by atoms with Crippen molar-refractivity contribution in [2.45, 2.75) is 32.7 Å². The van der Waals surface area contributed by atoms with Gasteiger partial charge in [0.1, 0.15) is 6.04 Å². The second-order valence-electron chi connectivity index (χ2n) is 4.18. The summed E-state index contributed by atoms with van der Waals surface area (Å²) in [5.74, 6) is -0.438. The van der Waals surface area contributed by atoms with Crippen molar-refractivity contribution in [2.24, 2.45) is 0 Å². The second kappa shape index (κ2) is 5.20. The Kier molecular flexibility index (Phi) is 3.64. The van der Waals surface area contributed by atoms with E-state index in [0.29, 0.717) is 25.3 Å². The molecule has 0 N–H and O–H groups in total. The highest BCUT2D eigenvalue weighted by molar-refractivity contribution is 5.95. The summed E-state index contributed by atoms with van der Waals surface area (Å²) in [4.78, 5) is 29.4. The Balaban J connectivity index is 2.15. The lowest BCUT2D eigenvalue weighted by molar-refractivity contribution is -0.147. The Hall–Kier alpha value is -1.85. The largest absolute Gasteiger partial charge is 0.464 e. The maximum absolute atomic E-state index is 12.2. The van der Waals surface area contributed by atoms with E-state index >= 15 is 0 Å². The van der Waals surface area contributed by atoms with E-state index in [9.17, 15) is 9.59 Å². The minimum absolute atomic E-state index is 0.200. The minimum atomic E-state index is -0.498. The first-order chi connectivity index (χ1) is 8.65. The molecule has 0 saturated carbocycles. The van der Waals surface area contributed by atoms with Gasteiger partial charge < -0.3 is 14.1 Å². The summed E-state index contributed by atoms with van der Waals surface area (Å²) in [5.41, 5.74) is 0.537. The first kappa shape index (κ1) is 12.6. The first-order valence-corrected chi connectivity index (χ1v) is 6.02. The molecule has 1 saturated heterocycles. The maximum Gasteiger partial charge on any atom is 0.328 e. The van der Waals surface area contributed by atoms with Gasteiger partial charge in [-0.05, 0) is 26.7 Å². The number of carbonyl (C=O) groups excluding carboxylic acids is 2. The van der Waals surface area contributed by atoms with Gasteiger partial charge in [-0.1, -0.05) is 0 Å². The summed E-state index contributed by atoms with van der Waals surface area (Å²) in [7, 11) is 0. The molecule has 2 rings (SSSR count). The van der Waals surface area contributed by atoms with E-state index in [2.05, 4.69) is 4.98 Å². The highest BCUT2D eigenvalue weighted by Gasteiger charge is 2.37. The van der Waals surface area contributed by atoms with Crippen LogP contribution in [0.1, 0.15) is 36.0 Å². The van der Waals surface area contributed by atoms with Crippen LogP contribution in [0.3, 0.4) is 0 Å². The molecule has 0 bridgehead atoms. The van der Waals surface area contributed by atoms with Crippen molar-refractivity contribution in [3.63, 3.8) is 0 Å². The zero-order valence-electron chi connectivity index (χ0n) is 10.5. The summed E-state index contributed by atoms with van der Waals surface area (Å²) in [6.45, 7) is 4.31. The van der Waals surface area contributed by atoms with Crippen LogP contribution in [0.2, 0.25) is 0 Å². The monoisotopic (exact) mass is 252 g/mol. The van der Waals surface area contributed by atoms with Crippen molar-refractivity contribution in [3.05, 3.63) is 17.8 Å². The van der Waals surface area contributed by atoms with E-state index in [1.54, 1.807) is 13.8 Å². The van der Waals surface area contributed by atoms with Crippen molar-refractivity contribution in [2.75, 3.05) is 13.2 Å². The van der Waals surface area contributed by atoms with Crippen LogP contribution in [0.25, 0.3) is 0 Å². The zero-order chi connectivity index (χ0) is 13.1. The molecule has 1 fully saturated rings. The molecular weight excluding hydrogens is 236 g/mol. The number of aromatic nitrogens is 1. The van der Waals surface area contributed by atoms with Gasteiger partial charge in [-0.25, -0.2) is 9.78 Å². The first-order valence-electron chi connectivity index (χ1n) is 6.02. The van der Waals surface area contributed by atoms with Crippen LogP contribution in [-0.2, 0) is 9.53 Å². The standard InChI is InChI=1S/C12H16N2O4/c1-3-17-12(16)9-5-4-6-14(9)11(15)10-8(2)13-7-18-10/h7,9H,3-6H2,1-2H3. The number of oxazole rings is 1. The highest BCUT2D eigenvalue weighted by Crippen LogP contribution is 2.22. The topological polar surface area (TPSA) is 72.6 Å². The Labute approximate surface area is 105 Å². The zero-order valence-corrected chi connectivity index (χ0v) is 10.5. The van der Waals surface area contributed by atoms with E-state index in [-0.39, 0.29) is 17.6 Å². The summed E-state index contributed by atoms with van der Waals surface area (Å²) in [6, 6.07) is -0.498. The van der Waals surface area contributed by atoms with Crippen molar-refractivity contribution >= 4 is 11.9 Å². The maximum atomic E-state index is 12.2. The molecule has 6 heteroatoms. The minimum Gasteiger partial charge on any atom is -0.464 e. The van der Waals surface area contributed by atoms with Crippen LogP contribution in [0.4, 0.5) is 0 Å². The van der Waals surface area contributed by atoms with Gasteiger partial charge in [-0.15, -0.1) is 0 Å². The van der Waals surface area contributed by atoms with Gasteiger partial charge in [0.15, 0.2) is 6.39 Å². The van der Waals surface area contributed by atoms with Gasteiger partial charge in [-0.2, -0.15) is 0 Å². The molecule has 1 amide bonds. The fourth-order valence-corrected chi connectivity index (χ4v) is 2.13. The number of hydrogen-bond donors (Lipinski definition) is 0. The van der Waals surface area contributed by atoms with Crippen LogP contribution < -0.4 is 0 Å². The molecule has 1 aromatic rings. The van der Waals surface area contributed by atoms with Crippen molar-refractivity contribution in [3.8, 4) is 0 Å². The molecule has 1 aromatic heterocycles. The fraction of sp³-hybridized carbons (Fsp3) is 0.583. The predicted molar refractivity (Wildman–Crippen MR) is 61.9 cm³/mol. The number of aryl methyl sites for hydroxylation is 1. The third kappa shape index (κ3) is 2.23. The number of hydrogen-bond acceptors (Lipinski definition) is 5. The van der Waals surface area contributed by atoms with Gasteiger partial charge in [-0.3, -0.25) is 4.79 Å². The number of carbonyl (C=O) groups is 2. The lowest BCUT2D eigenvalue weighted by Crippen LogP contribution is -2.41. The lowest BCUT2D eigenvalue weighted by Gasteiger charge is -2.22. The van der Waals surface area contributed by atoms with Crippen molar-refractivity contribution in [1.82, 2.24) is 9.88 Å². The Bertz CT molecular complexity index is 455. The van der Waals surface area contributed by atoms with Crippen LogP contribution in [0.5, 0.6) is 0 Å². The van der Waals surface area contributed by atoms with E-state index < -0.39 is 6.04 Å². The number of nitrogens with zero attached hydrogens (tertiary/aromatic N) is 2. The Morgan fingerprint density at radius 3 is 3.00 bits per heavy atom. The Morgan fingerprint density at radius 2 is 2.39 bits per heavy atom. The highest BCUT2D eigenvalue weighted by atomic mass is 16.5. The number of amides is 1. The van der Waals surface area contributed by atoms with Crippen LogP contribution >= 0.6 is 0 Å². The molecule has 0 aromatic carbocycles. The van der Waals surface area contributed by atoms with Crippen LogP contribution in [0, 0.1) is 6.92 Å². The summed E-state index contributed by atoms with van der Waals surface area (Å²) in [5, 5.41) is 0. The third-order valence-electron chi connectivity index (χ3n) is 3.01. The number of rotatable bonds is 3. The van der Waals surface area contributed by atoms with Gasteiger partial charge >= 0.3 is 5.97 Å². The smallest absolute Gasteiger partial charge is 0.328 e. The van der Waals surface area contributed by atoms with Crippen molar-refractivity contribution in [1.29, 1.82) is 0 Å². The average molecular weight is 252 g/mol. The van der Waals surface area contributed by atoms with E-state index in [4.69, 9.17) is 9.15 Å². The van der Waals surface area contributed by atoms with E-state index in [1.165, 1.54) is 11.3 Å². The quantitative estimate of drug-likeness (QED) is 0.754. The van der Waals surface area contributed by atoms with Crippen LogP contribution in [-0.4, -0.2) is 41.0 Å². The average Bonchev–Trinajstić information content (AvgIpc) is 2.96. The normalized spacial score (nSPS) is 19.0. The third-order valence-corrected chi connectivity index (χ3v) is 3.01. The molecule has 6 nitrogen and oxygen atoms in total. The van der Waals surface area contributed by atoms with Gasteiger partial charge in [0.25, 0.3) is 5.91 Å². The molecule has 1 unspecified atom stereocenters. The molecular formula is C12H16N2O4. The molecule has 98 valence electrons. The Morgan fingerprint density at radius 1 is 1.61 bits per heavy atom. The molecule has 0 spiro atoms. The molecule has 0 aliphatic carbocycles. The predicted octanol–water partition coefficient (Wildman–Crippen LogP) is 1.15. The second-order valence-corrected chi connectivity index (χ2v) is 4.18. The van der Waals surface area contributed by atoms with Crippen LogP contribution in [0.15, 0.2) is 10.8 Å².